The minimum absolute atomic E-state index is 0.0669. The number of carbonyl (C=O) groups excluding carboxylic acids is 2. The largest absolute Gasteiger partial charge is 0.481 e. The Labute approximate surface area is 230 Å². The van der Waals surface area contributed by atoms with E-state index in [-0.39, 0.29) is 25.5 Å². The number of aromatic nitrogens is 1. The summed E-state index contributed by atoms with van der Waals surface area (Å²) < 4.78 is 7.61. The fourth-order valence-electron chi connectivity index (χ4n) is 4.21. The average molecular weight is 553 g/mol. The molecule has 0 aliphatic heterocycles. The molecule has 0 saturated carbocycles. The Balaban J connectivity index is 1.63. The van der Waals surface area contributed by atoms with Crippen molar-refractivity contribution in [2.45, 2.75) is 50.4 Å². The lowest BCUT2D eigenvalue weighted by molar-refractivity contribution is -0.154. The van der Waals surface area contributed by atoms with Gasteiger partial charge in [-0.05, 0) is 54.5 Å². The van der Waals surface area contributed by atoms with Gasteiger partial charge in [0.1, 0.15) is 6.61 Å². The van der Waals surface area contributed by atoms with Gasteiger partial charge >= 0.3 is 11.9 Å². The number of nitroso groups, excluding NO2 is 1. The molecule has 39 heavy (non-hydrogen) atoms. The fraction of sp³-hybridized carbons (Fsp3) is 0.357. The Kier molecular flexibility index (Phi) is 10.5. The summed E-state index contributed by atoms with van der Waals surface area (Å²) >= 11 is 0.799. The highest BCUT2D eigenvalue weighted by Crippen LogP contribution is 2.37. The molecule has 1 aromatic heterocycles. The number of fused-ring (bicyclic) bond motifs is 1. The van der Waals surface area contributed by atoms with E-state index < -0.39 is 34.9 Å². The number of nitrogens with zero attached hydrogens (tertiary/aromatic N) is 2. The number of amides is 1. The second-order valence-corrected chi connectivity index (χ2v) is 10.8. The van der Waals surface area contributed by atoms with Gasteiger partial charge in [-0.1, -0.05) is 37.3 Å². The number of carboxylic acid groups (broad SMARTS) is 1. The quantitative estimate of drug-likeness (QED) is 0.142. The molecule has 0 bridgehead atoms. The minimum atomic E-state index is -1.13. The van der Waals surface area contributed by atoms with Crippen molar-refractivity contribution in [2.75, 3.05) is 11.9 Å². The number of hydrogen-bond donors (Lipinski definition) is 3. The molecular formula is C28H32N4O6S. The van der Waals surface area contributed by atoms with Crippen LogP contribution in [0.1, 0.15) is 50.2 Å². The van der Waals surface area contributed by atoms with Crippen molar-refractivity contribution in [3.05, 3.63) is 77.0 Å². The van der Waals surface area contributed by atoms with E-state index in [1.807, 2.05) is 31.2 Å². The first-order valence-corrected chi connectivity index (χ1v) is 13.3. The zero-order valence-corrected chi connectivity index (χ0v) is 22.6. The molecule has 2 aromatic carbocycles. The van der Waals surface area contributed by atoms with Crippen LogP contribution in [0.2, 0.25) is 0 Å². The van der Waals surface area contributed by atoms with Crippen LogP contribution in [-0.4, -0.2) is 39.2 Å². The number of pyridine rings is 1. The molecule has 0 aliphatic rings. The number of carbonyl (C=O) groups is 3. The Morgan fingerprint density at radius 2 is 1.90 bits per heavy atom. The van der Waals surface area contributed by atoms with E-state index in [1.165, 1.54) is 0 Å². The van der Waals surface area contributed by atoms with E-state index in [4.69, 9.17) is 10.5 Å². The number of rotatable bonds is 14. The van der Waals surface area contributed by atoms with Crippen LogP contribution >= 0.6 is 11.9 Å². The third kappa shape index (κ3) is 8.33. The second-order valence-electron chi connectivity index (χ2n) is 9.53. The highest BCUT2D eigenvalue weighted by atomic mass is 32.2. The van der Waals surface area contributed by atoms with Crippen molar-refractivity contribution in [3.63, 3.8) is 0 Å². The van der Waals surface area contributed by atoms with Gasteiger partial charge in [0.15, 0.2) is 0 Å². The summed E-state index contributed by atoms with van der Waals surface area (Å²) in [5.74, 6) is -3.54. The van der Waals surface area contributed by atoms with Crippen LogP contribution in [0, 0.1) is 10.8 Å². The van der Waals surface area contributed by atoms with E-state index in [2.05, 4.69) is 14.9 Å². The number of aliphatic carboxylic acids is 1. The molecule has 0 aliphatic carbocycles. The van der Waals surface area contributed by atoms with Crippen LogP contribution in [0.5, 0.6) is 0 Å². The molecule has 0 radical (unpaired) electrons. The summed E-state index contributed by atoms with van der Waals surface area (Å²) in [4.78, 5) is 51.9. The Bertz CT molecular complexity index is 1320. The summed E-state index contributed by atoms with van der Waals surface area (Å²) in [7, 11) is 0. The average Bonchev–Trinajstić information content (AvgIpc) is 2.92. The van der Waals surface area contributed by atoms with Gasteiger partial charge in [-0.2, -0.15) is 0 Å². The lowest BCUT2D eigenvalue weighted by Gasteiger charge is -2.27. The highest BCUT2D eigenvalue weighted by molar-refractivity contribution is 7.99. The Morgan fingerprint density at radius 3 is 2.54 bits per heavy atom. The topological polar surface area (TPSA) is 161 Å². The summed E-state index contributed by atoms with van der Waals surface area (Å²) in [6.07, 6.45) is 3.71. The first kappa shape index (κ1) is 29.7. The van der Waals surface area contributed by atoms with Crippen molar-refractivity contribution in [1.82, 2.24) is 4.98 Å². The van der Waals surface area contributed by atoms with E-state index in [9.17, 15) is 24.4 Å². The normalized spacial score (nSPS) is 14.1. The van der Waals surface area contributed by atoms with Crippen molar-refractivity contribution in [3.8, 4) is 0 Å². The van der Waals surface area contributed by atoms with Gasteiger partial charge in [0.25, 0.3) is 0 Å². The summed E-state index contributed by atoms with van der Waals surface area (Å²) in [6.45, 7) is 3.64. The Hall–Kier alpha value is -3.83. The molecule has 11 heteroatoms. The lowest BCUT2D eigenvalue weighted by Crippen LogP contribution is -2.30. The standard InChI is InChI=1S/C28H32N4O6S/c1-3-28(2,39-32-37)14-22(13-25(33)34)27(36)38-17-18-4-6-19(7-5-18)24(15-29)26(35)31-23-9-8-21-16-30-11-10-20(21)12-23/h4-12,16,22,24H,3,13-15,17,29H2,1-2H3,(H,31,35)(H,33,34). The molecule has 4 N–H and O–H groups in total. The molecule has 0 saturated heterocycles. The molecule has 10 nitrogen and oxygen atoms in total. The number of ether oxygens (including phenoxy) is 1. The predicted molar refractivity (Wildman–Crippen MR) is 151 cm³/mol. The maximum Gasteiger partial charge on any atom is 0.309 e. The van der Waals surface area contributed by atoms with Crippen molar-refractivity contribution < 1.29 is 24.2 Å². The highest BCUT2D eigenvalue weighted by Gasteiger charge is 2.34. The number of hydrogen-bond acceptors (Lipinski definition) is 9. The molecule has 3 unspecified atom stereocenters. The van der Waals surface area contributed by atoms with Gasteiger partial charge in [-0.3, -0.25) is 19.4 Å². The molecule has 3 aromatic rings. The molecule has 1 heterocycles. The molecule has 1 amide bonds. The number of esters is 1. The van der Waals surface area contributed by atoms with Gasteiger partial charge in [-0.15, -0.1) is 4.91 Å². The van der Waals surface area contributed by atoms with Crippen molar-refractivity contribution in [2.24, 2.45) is 16.2 Å². The van der Waals surface area contributed by atoms with E-state index in [1.54, 1.807) is 43.6 Å². The maximum absolute atomic E-state index is 13.0. The SMILES string of the molecule is CCC(C)(CC(CC(=O)O)C(=O)OCc1ccc(C(CN)C(=O)Nc2ccc3cnccc3c2)cc1)SN=O. The van der Waals surface area contributed by atoms with E-state index in [0.29, 0.717) is 23.2 Å². The van der Waals surface area contributed by atoms with Gasteiger partial charge in [0.2, 0.25) is 5.91 Å². The number of carboxylic acids is 1. The molecule has 206 valence electrons. The molecule has 3 rings (SSSR count). The van der Waals surface area contributed by atoms with Crippen LogP contribution in [0.3, 0.4) is 0 Å². The van der Waals surface area contributed by atoms with Gasteiger partial charge in [0.05, 0.1) is 18.3 Å². The van der Waals surface area contributed by atoms with Crippen molar-refractivity contribution in [1.29, 1.82) is 0 Å². The first-order valence-electron chi connectivity index (χ1n) is 12.5. The van der Waals surface area contributed by atoms with Gasteiger partial charge in [-0.25, -0.2) is 0 Å². The van der Waals surface area contributed by atoms with Gasteiger partial charge < -0.3 is 20.9 Å². The zero-order valence-electron chi connectivity index (χ0n) is 21.8. The third-order valence-corrected chi connectivity index (χ3v) is 7.63. The lowest BCUT2D eigenvalue weighted by atomic mass is 9.91. The van der Waals surface area contributed by atoms with Crippen molar-refractivity contribution >= 4 is 46.3 Å². The number of benzene rings is 2. The fourth-order valence-corrected chi connectivity index (χ4v) is 4.80. The zero-order chi connectivity index (χ0) is 28.4. The molecule has 0 spiro atoms. The van der Waals surface area contributed by atoms with E-state index in [0.717, 1.165) is 22.7 Å². The smallest absolute Gasteiger partial charge is 0.309 e. The molecule has 0 fully saturated rings. The van der Waals surface area contributed by atoms with Crippen LogP contribution in [0.15, 0.2) is 65.5 Å². The summed E-state index contributed by atoms with van der Waals surface area (Å²) in [5, 5.41) is 14.1. The number of anilines is 1. The summed E-state index contributed by atoms with van der Waals surface area (Å²) in [6, 6.07) is 14.4. The number of nitrogens with one attached hydrogen (secondary N) is 1. The molecule has 3 atom stereocenters. The van der Waals surface area contributed by atoms with E-state index >= 15 is 0 Å². The monoisotopic (exact) mass is 552 g/mol. The minimum Gasteiger partial charge on any atom is -0.481 e. The van der Waals surface area contributed by atoms with Crippen LogP contribution in [-0.2, 0) is 25.7 Å². The van der Waals surface area contributed by atoms with Gasteiger partial charge in [0, 0.05) is 51.3 Å². The molecular weight excluding hydrogens is 520 g/mol. The van der Waals surface area contributed by atoms with Crippen LogP contribution in [0.4, 0.5) is 5.69 Å². The summed E-state index contributed by atoms with van der Waals surface area (Å²) in [5.41, 5.74) is 7.95. The predicted octanol–water partition coefficient (Wildman–Crippen LogP) is 5.02. The second kappa shape index (κ2) is 13.8. The third-order valence-electron chi connectivity index (χ3n) is 6.66. The van der Waals surface area contributed by atoms with Crippen LogP contribution in [0.25, 0.3) is 10.8 Å². The first-order chi connectivity index (χ1) is 18.7. The maximum atomic E-state index is 13.0. The van der Waals surface area contributed by atoms with Crippen LogP contribution < -0.4 is 11.1 Å². The number of nitrogens with two attached hydrogens (primary N) is 1. The Morgan fingerprint density at radius 1 is 1.15 bits per heavy atom.